The third kappa shape index (κ3) is 1.92. The van der Waals surface area contributed by atoms with E-state index in [1.807, 2.05) is 13.0 Å². The Bertz CT molecular complexity index is 464. The van der Waals surface area contributed by atoms with Crippen molar-refractivity contribution in [3.63, 3.8) is 0 Å². The molecule has 1 aromatic heterocycles. The van der Waals surface area contributed by atoms with Crippen molar-refractivity contribution in [2.45, 2.75) is 11.1 Å². The van der Waals surface area contributed by atoms with Gasteiger partial charge >= 0.3 is 0 Å². The van der Waals surface area contributed by atoms with Crippen LogP contribution in [0.3, 0.4) is 0 Å². The Morgan fingerprint density at radius 3 is 2.93 bits per heavy atom. The van der Waals surface area contributed by atoms with Gasteiger partial charge in [0, 0.05) is 4.70 Å². The smallest absolute Gasteiger partial charge is 0.134 e. The van der Waals surface area contributed by atoms with Crippen LogP contribution < -0.4 is 4.74 Å². The number of halogens is 1. The molecule has 1 nitrogen and oxygen atoms in total. The second-order valence-corrected chi connectivity index (χ2v) is 5.56. The van der Waals surface area contributed by atoms with Crippen molar-refractivity contribution < 1.29 is 4.74 Å². The number of ether oxygens (including phenoxy) is 1. The lowest BCUT2D eigenvalue weighted by Gasteiger charge is -2.05. The van der Waals surface area contributed by atoms with Crippen LogP contribution in [0.2, 0.25) is 0 Å². The molecule has 1 heterocycles. The van der Waals surface area contributed by atoms with Gasteiger partial charge in [-0.15, -0.1) is 24.0 Å². The van der Waals surface area contributed by atoms with Crippen molar-refractivity contribution in [1.82, 2.24) is 0 Å². The number of benzene rings is 1. The predicted molar refractivity (Wildman–Crippen MR) is 67.9 cm³/mol. The van der Waals surface area contributed by atoms with Gasteiger partial charge in [0.1, 0.15) is 5.75 Å². The summed E-state index contributed by atoms with van der Waals surface area (Å²) in [4.78, 5) is 0. The van der Waals surface area contributed by atoms with Gasteiger partial charge in [-0.1, -0.05) is 0 Å². The summed E-state index contributed by atoms with van der Waals surface area (Å²) in [6.07, 6.45) is 0. The number of thiophene rings is 1. The second-order valence-electron chi connectivity index (χ2n) is 2.84. The van der Waals surface area contributed by atoms with Gasteiger partial charge in [-0.3, -0.25) is 0 Å². The predicted octanol–water partition coefficient (Wildman–Crippen LogP) is 4.35. The van der Waals surface area contributed by atoms with E-state index < -0.39 is 0 Å². The topological polar surface area (TPSA) is 9.23 Å². The van der Waals surface area contributed by atoms with Crippen molar-refractivity contribution in [2.75, 3.05) is 6.61 Å². The van der Waals surface area contributed by atoms with Gasteiger partial charge in [0.2, 0.25) is 0 Å². The number of hydrogen-bond donors (Lipinski definition) is 1. The molecule has 0 radical (unpaired) electrons. The fraction of sp³-hybridized carbons (Fsp3) is 0.200. The SMILES string of the molecule is CCOc1cc2cc(S)sc2cc1Br. The molecule has 0 spiro atoms. The van der Waals surface area contributed by atoms with Gasteiger partial charge in [0.05, 0.1) is 15.3 Å². The lowest BCUT2D eigenvalue weighted by atomic mass is 10.2. The summed E-state index contributed by atoms with van der Waals surface area (Å²) in [6.45, 7) is 2.66. The lowest BCUT2D eigenvalue weighted by molar-refractivity contribution is 0.338. The van der Waals surface area contributed by atoms with E-state index in [2.05, 4.69) is 40.7 Å². The Labute approximate surface area is 101 Å². The van der Waals surface area contributed by atoms with Crippen LogP contribution >= 0.6 is 39.9 Å². The standard InChI is InChI=1S/C10H9BrOS2/c1-2-12-8-3-6-4-10(13)14-9(6)5-7(8)11/h3-5,13H,2H2,1H3. The quantitative estimate of drug-likeness (QED) is 0.809. The minimum Gasteiger partial charge on any atom is -0.493 e. The highest BCUT2D eigenvalue weighted by atomic mass is 79.9. The summed E-state index contributed by atoms with van der Waals surface area (Å²) in [5, 5.41) is 1.19. The van der Waals surface area contributed by atoms with E-state index >= 15 is 0 Å². The molecule has 0 aliphatic rings. The van der Waals surface area contributed by atoms with Crippen LogP contribution in [0.1, 0.15) is 6.92 Å². The van der Waals surface area contributed by atoms with E-state index in [0.29, 0.717) is 6.61 Å². The molecule has 0 N–H and O–H groups in total. The number of thiol groups is 1. The summed E-state index contributed by atoms with van der Waals surface area (Å²) < 4.78 is 8.74. The zero-order valence-electron chi connectivity index (χ0n) is 7.58. The summed E-state index contributed by atoms with van der Waals surface area (Å²) in [5.41, 5.74) is 0. The third-order valence-electron chi connectivity index (χ3n) is 1.86. The maximum absolute atomic E-state index is 5.49. The van der Waals surface area contributed by atoms with Crippen LogP contribution in [0, 0.1) is 0 Å². The van der Waals surface area contributed by atoms with Gasteiger partial charge in [0.25, 0.3) is 0 Å². The Hall–Kier alpha value is -0.190. The normalized spacial score (nSPS) is 10.8. The van der Waals surface area contributed by atoms with Crippen molar-refractivity contribution >= 4 is 50.0 Å². The minimum atomic E-state index is 0.683. The Morgan fingerprint density at radius 1 is 1.43 bits per heavy atom. The molecular formula is C10H9BrOS2. The van der Waals surface area contributed by atoms with Gasteiger partial charge in [-0.2, -0.15) is 0 Å². The van der Waals surface area contributed by atoms with Crippen molar-refractivity contribution in [3.05, 3.63) is 22.7 Å². The molecule has 0 aliphatic carbocycles. The molecule has 0 saturated carbocycles. The van der Waals surface area contributed by atoms with E-state index in [1.165, 1.54) is 10.1 Å². The van der Waals surface area contributed by atoms with Crippen LogP contribution in [-0.4, -0.2) is 6.61 Å². The zero-order chi connectivity index (χ0) is 10.1. The molecule has 14 heavy (non-hydrogen) atoms. The number of fused-ring (bicyclic) bond motifs is 1. The molecule has 0 aliphatic heterocycles. The average molecular weight is 289 g/mol. The van der Waals surface area contributed by atoms with Crippen LogP contribution in [0.4, 0.5) is 0 Å². The lowest BCUT2D eigenvalue weighted by Crippen LogP contribution is -1.91. The van der Waals surface area contributed by atoms with E-state index in [1.54, 1.807) is 11.3 Å². The maximum Gasteiger partial charge on any atom is 0.134 e. The van der Waals surface area contributed by atoms with E-state index in [4.69, 9.17) is 4.74 Å². The fourth-order valence-corrected chi connectivity index (χ4v) is 3.16. The van der Waals surface area contributed by atoms with Crippen molar-refractivity contribution in [2.24, 2.45) is 0 Å². The van der Waals surface area contributed by atoms with Crippen LogP contribution in [0.15, 0.2) is 26.9 Å². The molecule has 0 fully saturated rings. The summed E-state index contributed by atoms with van der Waals surface area (Å²) in [5.74, 6) is 0.895. The Morgan fingerprint density at radius 2 is 2.21 bits per heavy atom. The van der Waals surface area contributed by atoms with Crippen LogP contribution in [0.25, 0.3) is 10.1 Å². The first kappa shape index (κ1) is 10.3. The fourth-order valence-electron chi connectivity index (χ4n) is 1.29. The highest BCUT2D eigenvalue weighted by Gasteiger charge is 2.05. The van der Waals surface area contributed by atoms with Crippen LogP contribution in [0.5, 0.6) is 5.75 Å². The summed E-state index contributed by atoms with van der Waals surface area (Å²) in [6, 6.07) is 6.17. The number of hydrogen-bond acceptors (Lipinski definition) is 3. The molecule has 74 valence electrons. The highest BCUT2D eigenvalue weighted by molar-refractivity contribution is 9.10. The second kappa shape index (κ2) is 4.13. The first-order chi connectivity index (χ1) is 6.70. The Kier molecular flexibility index (Phi) is 3.04. The van der Waals surface area contributed by atoms with Gasteiger partial charge < -0.3 is 4.74 Å². The maximum atomic E-state index is 5.49. The highest BCUT2D eigenvalue weighted by Crippen LogP contribution is 2.35. The van der Waals surface area contributed by atoms with E-state index in [-0.39, 0.29) is 0 Å². The van der Waals surface area contributed by atoms with Gasteiger partial charge in [0.15, 0.2) is 0 Å². The average Bonchev–Trinajstić information content (AvgIpc) is 2.45. The summed E-state index contributed by atoms with van der Waals surface area (Å²) >= 11 is 9.48. The molecule has 4 heteroatoms. The zero-order valence-corrected chi connectivity index (χ0v) is 10.9. The van der Waals surface area contributed by atoms with Crippen molar-refractivity contribution in [3.8, 4) is 5.75 Å². The molecular weight excluding hydrogens is 280 g/mol. The molecule has 0 unspecified atom stereocenters. The van der Waals surface area contributed by atoms with Crippen molar-refractivity contribution in [1.29, 1.82) is 0 Å². The molecule has 0 saturated heterocycles. The molecule has 1 aromatic carbocycles. The van der Waals surface area contributed by atoms with Gasteiger partial charge in [-0.05, 0) is 46.4 Å². The molecule has 2 rings (SSSR count). The minimum absolute atomic E-state index is 0.683. The van der Waals surface area contributed by atoms with Crippen LogP contribution in [-0.2, 0) is 0 Å². The third-order valence-corrected chi connectivity index (χ3v) is 3.78. The first-order valence-corrected chi connectivity index (χ1v) is 6.31. The molecule has 0 amide bonds. The molecule has 0 atom stereocenters. The monoisotopic (exact) mass is 288 g/mol. The molecule has 0 bridgehead atoms. The first-order valence-electron chi connectivity index (χ1n) is 4.25. The molecule has 2 aromatic rings. The number of rotatable bonds is 2. The van der Waals surface area contributed by atoms with E-state index in [9.17, 15) is 0 Å². The largest absolute Gasteiger partial charge is 0.493 e. The Balaban J connectivity index is 2.58. The summed E-state index contributed by atoms with van der Waals surface area (Å²) in [7, 11) is 0. The van der Waals surface area contributed by atoms with Gasteiger partial charge in [-0.25, -0.2) is 0 Å². The van der Waals surface area contributed by atoms with E-state index in [0.717, 1.165) is 14.4 Å².